The van der Waals surface area contributed by atoms with Gasteiger partial charge in [0.2, 0.25) is 0 Å². The molecule has 8 heavy (non-hydrogen) atoms. The number of aliphatic hydroxyl groups is 1. The van der Waals surface area contributed by atoms with E-state index >= 15 is 0 Å². The van der Waals surface area contributed by atoms with Gasteiger partial charge in [-0.3, -0.25) is 0 Å². The van der Waals surface area contributed by atoms with Crippen LogP contribution < -0.4 is 0 Å². The van der Waals surface area contributed by atoms with Gasteiger partial charge in [-0.25, -0.2) is 4.79 Å². The minimum absolute atomic E-state index is 0. The zero-order valence-corrected chi connectivity index (χ0v) is 5.87. The van der Waals surface area contributed by atoms with Gasteiger partial charge in [0.15, 0.2) is 0 Å². The van der Waals surface area contributed by atoms with E-state index in [0.29, 0.717) is 0 Å². The van der Waals surface area contributed by atoms with Crippen LogP contribution in [-0.4, -0.2) is 22.3 Å². The number of aliphatic hydroxyl groups excluding tert-OH is 1. The van der Waals surface area contributed by atoms with Crippen molar-refractivity contribution in [3.8, 4) is 0 Å². The topological polar surface area (TPSA) is 57.5 Å². The Hall–Kier alpha value is 0.469. The number of aliphatic carboxylic acids is 1. The number of carbonyl (C=O) groups is 1. The van der Waals surface area contributed by atoms with Crippen LogP contribution in [0, 0.1) is 0 Å². The maximum Gasteiger partial charge on any atom is 0.332 e. The van der Waals surface area contributed by atoms with E-state index in [9.17, 15) is 4.79 Å². The second-order valence-corrected chi connectivity index (χ2v) is 1.01. The van der Waals surface area contributed by atoms with Gasteiger partial charge in [0.05, 0.1) is 0 Å². The Labute approximate surface area is 68.4 Å². The van der Waals surface area contributed by atoms with Gasteiger partial charge >= 0.3 is 5.97 Å². The van der Waals surface area contributed by atoms with Crippen molar-refractivity contribution in [1.82, 2.24) is 0 Å². The van der Waals surface area contributed by atoms with Crippen molar-refractivity contribution in [2.24, 2.45) is 0 Å². The molecule has 0 amide bonds. The summed E-state index contributed by atoms with van der Waals surface area (Å²) in [5, 5.41) is 15.8. The van der Waals surface area contributed by atoms with Crippen LogP contribution in [0.2, 0.25) is 0 Å². The second-order valence-electron chi connectivity index (χ2n) is 1.01. The Balaban J connectivity index is -0.000000125. The van der Waals surface area contributed by atoms with Crippen molar-refractivity contribution in [2.75, 3.05) is 0 Å². The summed E-state index contributed by atoms with van der Waals surface area (Å²) in [4.78, 5) is 9.45. The van der Waals surface area contributed by atoms with Gasteiger partial charge in [0, 0.05) is 34.1 Å². The monoisotopic (exact) mass is 216 g/mol. The fourth-order valence-corrected chi connectivity index (χ4v) is 0. The Morgan fingerprint density at radius 2 is 1.62 bits per heavy atom. The fraction of sp³-hybridized carbons (Fsp3) is 0.667. The van der Waals surface area contributed by atoms with Gasteiger partial charge in [-0.05, 0) is 6.92 Å². The molecule has 0 heterocycles. The molecule has 2 radical (unpaired) electrons. The van der Waals surface area contributed by atoms with Gasteiger partial charge in [0.25, 0.3) is 0 Å². The zero-order chi connectivity index (χ0) is 5.15. The summed E-state index contributed by atoms with van der Waals surface area (Å²) < 4.78 is 0. The molecule has 0 saturated heterocycles. The van der Waals surface area contributed by atoms with Crippen molar-refractivity contribution in [3.05, 3.63) is 0 Å². The predicted molar refractivity (Wildman–Crippen MR) is 19.3 cm³/mol. The normalized spacial score (nSPS) is 10.2. The minimum Gasteiger partial charge on any atom is -0.479 e. The van der Waals surface area contributed by atoms with Crippen LogP contribution >= 0.6 is 0 Å². The Kier molecular flexibility index (Phi) is 14.7. The van der Waals surface area contributed by atoms with E-state index in [-0.39, 0.29) is 34.1 Å². The first-order chi connectivity index (χ1) is 2.64. The van der Waals surface area contributed by atoms with Crippen molar-refractivity contribution in [2.45, 2.75) is 13.0 Å². The third-order valence-electron chi connectivity index (χ3n) is 0.357. The fourth-order valence-electron chi connectivity index (χ4n) is 0. The summed E-state index contributed by atoms with van der Waals surface area (Å²) in [6, 6.07) is 0. The molecule has 0 bridgehead atoms. The Bertz CT molecular complexity index is 63.5. The maximum absolute atomic E-state index is 9.45. The molecule has 1 atom stereocenters. The summed E-state index contributed by atoms with van der Waals surface area (Å²) in [5.41, 5.74) is 0. The molecular weight excluding hydrogens is 211 g/mol. The van der Waals surface area contributed by atoms with Crippen LogP contribution in [-0.2, 0) is 38.9 Å². The van der Waals surface area contributed by atoms with Gasteiger partial charge in [-0.2, -0.15) is 0 Å². The quantitative estimate of drug-likeness (QED) is 0.579. The Morgan fingerprint density at radius 1 is 1.50 bits per heavy atom. The number of carboxylic acid groups (broad SMARTS) is 1. The molecule has 5 heteroatoms. The SMILES string of the molecule is CC(O)C(=O)O.[Cu].[Cu]. The molecule has 2 N–H and O–H groups in total. The molecule has 0 saturated carbocycles. The standard InChI is InChI=1S/C3H6O3.2Cu/c1-2(4)3(5)6;;/h2,4H,1H3,(H,5,6);;. The van der Waals surface area contributed by atoms with E-state index in [1.165, 1.54) is 6.92 Å². The molecule has 0 spiro atoms. The minimum atomic E-state index is -1.23. The summed E-state index contributed by atoms with van der Waals surface area (Å²) >= 11 is 0. The van der Waals surface area contributed by atoms with Crippen LogP contribution in [0.25, 0.3) is 0 Å². The predicted octanol–water partition coefficient (Wildman–Crippen LogP) is -0.553. The third kappa shape index (κ3) is 9.69. The molecule has 0 aliphatic heterocycles. The van der Waals surface area contributed by atoms with Gasteiger partial charge in [-0.1, -0.05) is 0 Å². The zero-order valence-electron chi connectivity index (χ0n) is 3.98. The van der Waals surface area contributed by atoms with Crippen LogP contribution in [0.15, 0.2) is 0 Å². The van der Waals surface area contributed by atoms with Gasteiger partial charge in [-0.15, -0.1) is 0 Å². The Morgan fingerprint density at radius 3 is 1.62 bits per heavy atom. The number of hydrogen-bond acceptors (Lipinski definition) is 2. The van der Waals surface area contributed by atoms with Crippen LogP contribution in [0.1, 0.15) is 6.92 Å². The third-order valence-corrected chi connectivity index (χ3v) is 0.357. The van der Waals surface area contributed by atoms with Crippen LogP contribution in [0.5, 0.6) is 0 Å². The molecule has 0 aromatic heterocycles. The van der Waals surface area contributed by atoms with Crippen molar-refractivity contribution in [3.63, 3.8) is 0 Å². The molecule has 3 nitrogen and oxygen atoms in total. The summed E-state index contributed by atoms with van der Waals surface area (Å²) in [6.07, 6.45) is -1.23. The van der Waals surface area contributed by atoms with E-state index in [1.807, 2.05) is 0 Å². The molecule has 0 aromatic rings. The molecule has 1 unspecified atom stereocenters. The van der Waals surface area contributed by atoms with Crippen LogP contribution in [0.4, 0.5) is 0 Å². The first-order valence-electron chi connectivity index (χ1n) is 1.55. The summed E-state index contributed by atoms with van der Waals surface area (Å²) in [7, 11) is 0. The molecular formula is C3H6Cu2O3. The average Bonchev–Trinajstić information content (AvgIpc) is 1.36. The van der Waals surface area contributed by atoms with E-state index in [1.54, 1.807) is 0 Å². The summed E-state index contributed by atoms with van der Waals surface area (Å²) in [6.45, 7) is 1.20. The van der Waals surface area contributed by atoms with E-state index in [0.717, 1.165) is 0 Å². The average molecular weight is 217 g/mol. The van der Waals surface area contributed by atoms with Gasteiger partial charge < -0.3 is 10.2 Å². The first kappa shape index (κ1) is 15.8. The van der Waals surface area contributed by atoms with E-state index < -0.39 is 12.1 Å². The molecule has 0 aromatic carbocycles. The van der Waals surface area contributed by atoms with Crippen molar-refractivity contribution >= 4 is 5.97 Å². The smallest absolute Gasteiger partial charge is 0.332 e. The summed E-state index contributed by atoms with van der Waals surface area (Å²) in [5.74, 6) is -1.19. The molecule has 58 valence electrons. The molecule has 0 rings (SSSR count). The van der Waals surface area contributed by atoms with Crippen molar-refractivity contribution < 1.29 is 49.1 Å². The number of carboxylic acids is 1. The van der Waals surface area contributed by atoms with Crippen molar-refractivity contribution in [1.29, 1.82) is 0 Å². The molecule has 0 fully saturated rings. The maximum atomic E-state index is 9.45. The molecule has 0 aliphatic rings. The molecule has 0 aliphatic carbocycles. The van der Waals surface area contributed by atoms with E-state index in [2.05, 4.69) is 0 Å². The van der Waals surface area contributed by atoms with E-state index in [4.69, 9.17) is 10.2 Å². The second kappa shape index (κ2) is 7.47. The van der Waals surface area contributed by atoms with Gasteiger partial charge in [0.1, 0.15) is 6.10 Å². The number of rotatable bonds is 1. The first-order valence-corrected chi connectivity index (χ1v) is 1.55. The van der Waals surface area contributed by atoms with Crippen LogP contribution in [0.3, 0.4) is 0 Å². The largest absolute Gasteiger partial charge is 0.479 e. The number of hydrogen-bond donors (Lipinski definition) is 2.